The molecule has 2 aliphatic rings. The summed E-state index contributed by atoms with van der Waals surface area (Å²) < 4.78 is 0. The van der Waals surface area contributed by atoms with Gasteiger partial charge in [-0.2, -0.15) is 0 Å². The Balaban J connectivity index is 1.57. The van der Waals surface area contributed by atoms with Gasteiger partial charge in [-0.1, -0.05) is 48.6 Å². The first kappa shape index (κ1) is 20.4. The molecule has 3 N–H and O–H groups in total. The number of hydrogen-bond donors (Lipinski definition) is 3. The molecule has 0 bridgehead atoms. The summed E-state index contributed by atoms with van der Waals surface area (Å²) in [6.07, 6.45) is 5.59. The van der Waals surface area contributed by atoms with Crippen LogP contribution in [0.2, 0.25) is 0 Å². The molecular formula is C25H24O5. The van der Waals surface area contributed by atoms with Gasteiger partial charge in [0.2, 0.25) is 0 Å². The van der Waals surface area contributed by atoms with E-state index in [1.54, 1.807) is 12.1 Å². The van der Waals surface area contributed by atoms with Crippen molar-refractivity contribution in [2.45, 2.75) is 19.3 Å². The summed E-state index contributed by atoms with van der Waals surface area (Å²) in [4.78, 5) is 24.3. The molecule has 2 aromatic rings. The van der Waals surface area contributed by atoms with Gasteiger partial charge in [0, 0.05) is 23.0 Å². The normalized spacial score (nSPS) is 17.4. The minimum absolute atomic E-state index is 0.0443. The maximum Gasteiger partial charge on any atom is 0.188 e. The van der Waals surface area contributed by atoms with Crippen LogP contribution in [0, 0.1) is 5.41 Å². The number of allylic oxidation sites excluding steroid dienone is 4. The molecule has 0 radical (unpaired) electrons. The molecule has 0 atom stereocenters. The molecule has 2 aromatic carbocycles. The molecule has 0 aromatic heterocycles. The number of rotatable bonds is 6. The molecule has 0 unspecified atom stereocenters. The second kappa shape index (κ2) is 8.11. The summed E-state index contributed by atoms with van der Waals surface area (Å²) in [7, 11) is 0. The lowest BCUT2D eigenvalue weighted by atomic mass is 9.71. The standard InChI is InChI=1S/C25H24O5/c26-13-24(30)17-3-1-16(2-4-17)18-5-6-19(9-18)20-7-8-21-11-25(14-27,15-28)12-23(29)22(21)10-20/h1-5,7-10,26-28H,6,11-15H2. The van der Waals surface area contributed by atoms with Gasteiger partial charge in [0.1, 0.15) is 6.61 Å². The zero-order valence-corrected chi connectivity index (χ0v) is 16.6. The van der Waals surface area contributed by atoms with Crippen molar-refractivity contribution < 1.29 is 24.9 Å². The maximum atomic E-state index is 12.7. The van der Waals surface area contributed by atoms with Gasteiger partial charge >= 0.3 is 0 Å². The van der Waals surface area contributed by atoms with Crippen molar-refractivity contribution in [2.24, 2.45) is 5.41 Å². The Hall–Kier alpha value is -2.86. The van der Waals surface area contributed by atoms with Crippen LogP contribution in [0.1, 0.15) is 50.2 Å². The van der Waals surface area contributed by atoms with Gasteiger partial charge in [0.05, 0.1) is 13.2 Å². The van der Waals surface area contributed by atoms with Gasteiger partial charge in [-0.25, -0.2) is 0 Å². The lowest BCUT2D eigenvalue weighted by Gasteiger charge is -2.34. The number of Topliss-reactive ketones (excluding diaryl/α,β-unsaturated/α-hetero) is 2. The van der Waals surface area contributed by atoms with Gasteiger partial charge < -0.3 is 15.3 Å². The average molecular weight is 404 g/mol. The molecule has 5 nitrogen and oxygen atoms in total. The van der Waals surface area contributed by atoms with E-state index in [4.69, 9.17) is 5.11 Å². The lowest BCUT2D eigenvalue weighted by molar-refractivity contribution is 0.0387. The summed E-state index contributed by atoms with van der Waals surface area (Å²) >= 11 is 0. The third-order valence-corrected chi connectivity index (χ3v) is 6.11. The number of aliphatic hydroxyl groups is 3. The van der Waals surface area contributed by atoms with Crippen LogP contribution in [0.5, 0.6) is 0 Å². The first-order valence-corrected chi connectivity index (χ1v) is 10.0. The van der Waals surface area contributed by atoms with E-state index >= 15 is 0 Å². The highest BCUT2D eigenvalue weighted by Gasteiger charge is 2.37. The molecule has 0 saturated heterocycles. The number of fused-ring (bicyclic) bond motifs is 1. The summed E-state index contributed by atoms with van der Waals surface area (Å²) in [5.41, 5.74) is 5.40. The van der Waals surface area contributed by atoms with Gasteiger partial charge in [-0.15, -0.1) is 0 Å². The summed E-state index contributed by atoms with van der Waals surface area (Å²) in [5, 5.41) is 28.3. The van der Waals surface area contributed by atoms with Crippen LogP contribution < -0.4 is 0 Å². The zero-order valence-electron chi connectivity index (χ0n) is 16.6. The van der Waals surface area contributed by atoms with E-state index in [9.17, 15) is 19.8 Å². The summed E-state index contributed by atoms with van der Waals surface area (Å²) in [6.45, 7) is -0.921. The number of ketones is 2. The van der Waals surface area contributed by atoms with Crippen LogP contribution in [0.15, 0.2) is 54.6 Å². The first-order chi connectivity index (χ1) is 14.5. The molecule has 154 valence electrons. The number of carbonyl (C=O) groups excluding carboxylic acids is 2. The fraction of sp³-hybridized carbons (Fsp3) is 0.280. The van der Waals surface area contributed by atoms with Crippen LogP contribution in [-0.2, 0) is 6.42 Å². The second-order valence-electron chi connectivity index (χ2n) is 8.16. The Morgan fingerprint density at radius 3 is 2.30 bits per heavy atom. The topological polar surface area (TPSA) is 94.8 Å². The Bertz CT molecular complexity index is 1060. The van der Waals surface area contributed by atoms with Crippen molar-refractivity contribution in [1.82, 2.24) is 0 Å². The molecule has 0 fully saturated rings. The van der Waals surface area contributed by atoms with E-state index in [-0.39, 0.29) is 31.2 Å². The third-order valence-electron chi connectivity index (χ3n) is 6.11. The van der Waals surface area contributed by atoms with Crippen LogP contribution >= 0.6 is 0 Å². The number of hydrogen-bond acceptors (Lipinski definition) is 5. The highest BCUT2D eigenvalue weighted by Crippen LogP contribution is 2.38. The Labute approximate surface area is 175 Å². The molecule has 0 heterocycles. The van der Waals surface area contributed by atoms with Crippen molar-refractivity contribution in [3.05, 3.63) is 82.4 Å². The highest BCUT2D eigenvalue weighted by molar-refractivity contribution is 6.01. The fourth-order valence-corrected chi connectivity index (χ4v) is 4.23. The second-order valence-corrected chi connectivity index (χ2v) is 8.16. The third kappa shape index (κ3) is 3.67. The molecule has 4 rings (SSSR count). The minimum Gasteiger partial charge on any atom is -0.396 e. The molecule has 2 aliphatic carbocycles. The molecule has 5 heteroatoms. The van der Waals surface area contributed by atoms with Crippen LogP contribution in [0.25, 0.3) is 11.1 Å². The Morgan fingerprint density at radius 1 is 0.933 bits per heavy atom. The minimum atomic E-state index is -0.767. The molecule has 0 saturated carbocycles. The van der Waals surface area contributed by atoms with Crippen LogP contribution in [0.3, 0.4) is 0 Å². The number of benzene rings is 2. The number of carbonyl (C=O) groups is 2. The molecule has 30 heavy (non-hydrogen) atoms. The van der Waals surface area contributed by atoms with Crippen molar-refractivity contribution >= 4 is 22.7 Å². The molecule has 0 aliphatic heterocycles. The van der Waals surface area contributed by atoms with Gasteiger partial charge in [0.15, 0.2) is 11.6 Å². The summed E-state index contributed by atoms with van der Waals surface area (Å²) in [5.74, 6) is -0.347. The van der Waals surface area contributed by atoms with Gasteiger partial charge in [-0.05, 0) is 46.7 Å². The summed E-state index contributed by atoms with van der Waals surface area (Å²) in [6, 6.07) is 13.0. The van der Waals surface area contributed by atoms with Crippen molar-refractivity contribution in [1.29, 1.82) is 0 Å². The Kier molecular flexibility index (Phi) is 5.52. The lowest BCUT2D eigenvalue weighted by Crippen LogP contribution is -2.38. The van der Waals surface area contributed by atoms with E-state index in [1.165, 1.54) is 0 Å². The smallest absolute Gasteiger partial charge is 0.188 e. The van der Waals surface area contributed by atoms with E-state index in [0.29, 0.717) is 17.5 Å². The quantitative estimate of drug-likeness (QED) is 0.644. The van der Waals surface area contributed by atoms with E-state index in [0.717, 1.165) is 34.3 Å². The van der Waals surface area contributed by atoms with Crippen molar-refractivity contribution in [3.8, 4) is 0 Å². The van der Waals surface area contributed by atoms with Crippen molar-refractivity contribution in [3.63, 3.8) is 0 Å². The first-order valence-electron chi connectivity index (χ1n) is 10.0. The van der Waals surface area contributed by atoms with E-state index in [2.05, 4.69) is 12.2 Å². The fourth-order valence-electron chi connectivity index (χ4n) is 4.23. The molecule has 0 spiro atoms. The number of aliphatic hydroxyl groups excluding tert-OH is 3. The van der Waals surface area contributed by atoms with E-state index in [1.807, 2.05) is 30.3 Å². The van der Waals surface area contributed by atoms with Crippen LogP contribution in [0.4, 0.5) is 0 Å². The van der Waals surface area contributed by atoms with Gasteiger partial charge in [0.25, 0.3) is 0 Å². The molecular weight excluding hydrogens is 380 g/mol. The van der Waals surface area contributed by atoms with Crippen molar-refractivity contribution in [2.75, 3.05) is 19.8 Å². The monoisotopic (exact) mass is 404 g/mol. The van der Waals surface area contributed by atoms with E-state index < -0.39 is 12.0 Å². The van der Waals surface area contributed by atoms with Crippen LogP contribution in [-0.4, -0.2) is 46.7 Å². The average Bonchev–Trinajstić information content (AvgIpc) is 3.28. The predicted molar refractivity (Wildman–Crippen MR) is 114 cm³/mol. The predicted octanol–water partition coefficient (Wildman–Crippen LogP) is 2.83. The largest absolute Gasteiger partial charge is 0.396 e. The van der Waals surface area contributed by atoms with Gasteiger partial charge in [-0.3, -0.25) is 9.59 Å². The Morgan fingerprint density at radius 2 is 1.63 bits per heavy atom. The molecule has 0 amide bonds. The highest BCUT2D eigenvalue weighted by atomic mass is 16.3. The zero-order chi connectivity index (χ0) is 21.3. The maximum absolute atomic E-state index is 12.7. The SMILES string of the molecule is O=C(CO)c1ccc(C2=CCC(c3ccc4c(c3)C(=O)CC(CO)(CO)C4)=C2)cc1.